The minimum absolute atomic E-state index is 0.104. The standard InChI is InChI=1S/C14H22N2O2/c1-14(18-3)7-5-9-16(11-14)10-13(17)12-6-4-8-15(12)2/h4,6,8H,5,7,9-11H2,1-3H3. The lowest BCUT2D eigenvalue weighted by Crippen LogP contribution is -2.48. The van der Waals surface area contributed by atoms with Crippen molar-refractivity contribution in [2.45, 2.75) is 25.4 Å². The number of nitrogens with zero attached hydrogens (tertiary/aromatic N) is 2. The van der Waals surface area contributed by atoms with Gasteiger partial charge in [0.15, 0.2) is 5.78 Å². The minimum Gasteiger partial charge on any atom is -0.377 e. The number of aromatic nitrogens is 1. The Morgan fingerprint density at radius 1 is 1.56 bits per heavy atom. The fourth-order valence-electron chi connectivity index (χ4n) is 2.64. The van der Waals surface area contributed by atoms with Gasteiger partial charge < -0.3 is 9.30 Å². The lowest BCUT2D eigenvalue weighted by molar-refractivity contribution is -0.0485. The van der Waals surface area contributed by atoms with E-state index < -0.39 is 0 Å². The molecule has 4 nitrogen and oxygen atoms in total. The first-order valence-corrected chi connectivity index (χ1v) is 6.46. The van der Waals surface area contributed by atoms with E-state index in [1.807, 2.05) is 29.9 Å². The summed E-state index contributed by atoms with van der Waals surface area (Å²) in [6.07, 6.45) is 4.06. The molecule has 1 aromatic heterocycles. The molecule has 100 valence electrons. The van der Waals surface area contributed by atoms with Gasteiger partial charge in [-0.3, -0.25) is 9.69 Å². The summed E-state index contributed by atoms with van der Waals surface area (Å²) in [7, 11) is 3.66. The molecular formula is C14H22N2O2. The van der Waals surface area contributed by atoms with Gasteiger partial charge in [-0.1, -0.05) is 0 Å². The van der Waals surface area contributed by atoms with Crippen molar-refractivity contribution in [3.05, 3.63) is 24.0 Å². The van der Waals surface area contributed by atoms with Crippen molar-refractivity contribution in [2.24, 2.45) is 7.05 Å². The van der Waals surface area contributed by atoms with Crippen LogP contribution in [-0.2, 0) is 11.8 Å². The van der Waals surface area contributed by atoms with E-state index in [-0.39, 0.29) is 11.4 Å². The molecule has 1 saturated heterocycles. The average molecular weight is 250 g/mol. The number of piperidine rings is 1. The fourth-order valence-corrected chi connectivity index (χ4v) is 2.64. The van der Waals surface area contributed by atoms with E-state index in [2.05, 4.69) is 11.8 Å². The van der Waals surface area contributed by atoms with Gasteiger partial charge in [-0.05, 0) is 38.4 Å². The van der Waals surface area contributed by atoms with Gasteiger partial charge in [0.1, 0.15) is 0 Å². The zero-order valence-corrected chi connectivity index (χ0v) is 11.5. The quantitative estimate of drug-likeness (QED) is 0.763. The zero-order valence-electron chi connectivity index (χ0n) is 11.5. The number of hydrogen-bond acceptors (Lipinski definition) is 3. The summed E-state index contributed by atoms with van der Waals surface area (Å²) in [6.45, 7) is 4.41. The van der Waals surface area contributed by atoms with Gasteiger partial charge in [0.05, 0.1) is 17.8 Å². The van der Waals surface area contributed by atoms with Gasteiger partial charge in [0.2, 0.25) is 0 Å². The van der Waals surface area contributed by atoms with E-state index in [1.165, 1.54) is 0 Å². The number of methoxy groups -OCH3 is 1. The van der Waals surface area contributed by atoms with Crippen LogP contribution in [0.25, 0.3) is 0 Å². The van der Waals surface area contributed by atoms with E-state index in [9.17, 15) is 4.79 Å². The van der Waals surface area contributed by atoms with Crippen molar-refractivity contribution in [1.29, 1.82) is 0 Å². The third-order valence-electron chi connectivity index (χ3n) is 3.83. The molecule has 0 spiro atoms. The van der Waals surface area contributed by atoms with E-state index in [0.29, 0.717) is 6.54 Å². The van der Waals surface area contributed by atoms with E-state index in [0.717, 1.165) is 31.6 Å². The number of rotatable bonds is 4. The first-order valence-electron chi connectivity index (χ1n) is 6.46. The summed E-state index contributed by atoms with van der Waals surface area (Å²) in [5.74, 6) is 0.183. The number of carbonyl (C=O) groups is 1. The van der Waals surface area contributed by atoms with Crippen molar-refractivity contribution in [3.8, 4) is 0 Å². The molecule has 0 N–H and O–H groups in total. The summed E-state index contributed by atoms with van der Waals surface area (Å²) in [6, 6.07) is 3.78. The number of carbonyl (C=O) groups excluding carboxylic acids is 1. The molecule has 2 rings (SSSR count). The van der Waals surface area contributed by atoms with Crippen LogP contribution < -0.4 is 0 Å². The van der Waals surface area contributed by atoms with Crippen LogP contribution in [0.2, 0.25) is 0 Å². The van der Waals surface area contributed by atoms with E-state index in [4.69, 9.17) is 4.74 Å². The summed E-state index contributed by atoms with van der Waals surface area (Å²) < 4.78 is 7.42. The number of Topliss-reactive ketones (excluding diaryl/α,β-unsaturated/α-hetero) is 1. The highest BCUT2D eigenvalue weighted by Crippen LogP contribution is 2.23. The lowest BCUT2D eigenvalue weighted by Gasteiger charge is -2.39. The molecular weight excluding hydrogens is 228 g/mol. The second kappa shape index (κ2) is 5.24. The topological polar surface area (TPSA) is 34.5 Å². The van der Waals surface area contributed by atoms with Crippen LogP contribution >= 0.6 is 0 Å². The maximum Gasteiger partial charge on any atom is 0.193 e. The molecule has 0 radical (unpaired) electrons. The molecule has 2 heterocycles. The smallest absolute Gasteiger partial charge is 0.193 e. The average Bonchev–Trinajstić information content (AvgIpc) is 2.76. The molecule has 0 aliphatic carbocycles. The molecule has 0 aromatic carbocycles. The maximum absolute atomic E-state index is 12.2. The van der Waals surface area contributed by atoms with E-state index >= 15 is 0 Å². The molecule has 0 amide bonds. The van der Waals surface area contributed by atoms with Gasteiger partial charge in [-0.2, -0.15) is 0 Å². The van der Waals surface area contributed by atoms with Gasteiger partial charge >= 0.3 is 0 Å². The summed E-state index contributed by atoms with van der Waals surface area (Å²) in [4.78, 5) is 14.4. The Morgan fingerprint density at radius 3 is 2.94 bits per heavy atom. The Balaban J connectivity index is 1.98. The van der Waals surface area contributed by atoms with Gasteiger partial charge in [-0.25, -0.2) is 0 Å². The Labute approximate surface area is 109 Å². The summed E-state index contributed by atoms with van der Waals surface area (Å²) in [5.41, 5.74) is 0.673. The number of hydrogen-bond donors (Lipinski definition) is 0. The largest absolute Gasteiger partial charge is 0.377 e. The van der Waals surface area contributed by atoms with Crippen LogP contribution in [0, 0.1) is 0 Å². The van der Waals surface area contributed by atoms with Crippen LogP contribution in [0.15, 0.2) is 18.3 Å². The van der Waals surface area contributed by atoms with Crippen molar-refractivity contribution in [2.75, 3.05) is 26.7 Å². The van der Waals surface area contributed by atoms with Gasteiger partial charge in [0, 0.05) is 26.9 Å². The SMILES string of the molecule is COC1(C)CCCN(CC(=O)c2cccn2C)C1. The predicted octanol–water partition coefficient (Wildman–Crippen LogP) is 1.71. The Bertz CT molecular complexity index is 427. The first-order chi connectivity index (χ1) is 8.54. The second-order valence-electron chi connectivity index (χ2n) is 5.40. The van der Waals surface area contributed by atoms with Crippen molar-refractivity contribution in [1.82, 2.24) is 9.47 Å². The Morgan fingerprint density at radius 2 is 2.33 bits per heavy atom. The second-order valence-corrected chi connectivity index (χ2v) is 5.40. The molecule has 1 atom stereocenters. The third-order valence-corrected chi connectivity index (χ3v) is 3.83. The highest BCUT2D eigenvalue weighted by molar-refractivity contribution is 5.96. The molecule has 1 unspecified atom stereocenters. The van der Waals surface area contributed by atoms with Crippen LogP contribution in [0.4, 0.5) is 0 Å². The van der Waals surface area contributed by atoms with Crippen LogP contribution in [0.5, 0.6) is 0 Å². The maximum atomic E-state index is 12.2. The molecule has 1 fully saturated rings. The predicted molar refractivity (Wildman–Crippen MR) is 70.8 cm³/mol. The molecule has 1 aliphatic heterocycles. The van der Waals surface area contributed by atoms with Crippen LogP contribution in [-0.4, -0.2) is 47.6 Å². The molecule has 1 aliphatic rings. The summed E-state index contributed by atoms with van der Waals surface area (Å²) >= 11 is 0. The molecule has 0 bridgehead atoms. The molecule has 1 aromatic rings. The lowest BCUT2D eigenvalue weighted by atomic mass is 9.94. The minimum atomic E-state index is -0.104. The van der Waals surface area contributed by atoms with Crippen LogP contribution in [0.1, 0.15) is 30.3 Å². The zero-order chi connectivity index (χ0) is 13.2. The first kappa shape index (κ1) is 13.3. The Hall–Kier alpha value is -1.13. The van der Waals surface area contributed by atoms with E-state index in [1.54, 1.807) is 7.11 Å². The molecule has 18 heavy (non-hydrogen) atoms. The van der Waals surface area contributed by atoms with Gasteiger partial charge in [-0.15, -0.1) is 0 Å². The monoisotopic (exact) mass is 250 g/mol. The highest BCUT2D eigenvalue weighted by Gasteiger charge is 2.31. The molecule has 4 heteroatoms. The highest BCUT2D eigenvalue weighted by atomic mass is 16.5. The summed E-state index contributed by atoms with van der Waals surface area (Å²) in [5, 5.41) is 0. The number of ketones is 1. The van der Waals surface area contributed by atoms with Crippen molar-refractivity contribution in [3.63, 3.8) is 0 Å². The normalized spacial score (nSPS) is 25.3. The number of aryl methyl sites for hydroxylation is 1. The number of likely N-dealkylation sites (tertiary alicyclic amines) is 1. The van der Waals surface area contributed by atoms with Gasteiger partial charge in [0.25, 0.3) is 0 Å². The molecule has 0 saturated carbocycles. The van der Waals surface area contributed by atoms with Crippen molar-refractivity contribution < 1.29 is 9.53 Å². The third kappa shape index (κ3) is 2.82. The number of ether oxygens (including phenoxy) is 1. The van der Waals surface area contributed by atoms with Crippen LogP contribution in [0.3, 0.4) is 0 Å². The van der Waals surface area contributed by atoms with Crippen molar-refractivity contribution >= 4 is 5.78 Å². The Kier molecular flexibility index (Phi) is 3.88. The fraction of sp³-hybridized carbons (Fsp3) is 0.643.